The molecule has 0 aliphatic carbocycles. The standard InChI is InChI=1S/C15H20N2O3/c1-3-13(15(19)20)17(2)14(18)11-8-9-16-12-7-5-4-6-10(11)12/h4-7,11,13,16H,3,8-9H2,1-2H3,(H,19,20). The molecule has 0 saturated heterocycles. The van der Waals surface area contributed by atoms with Crippen LogP contribution < -0.4 is 5.32 Å². The summed E-state index contributed by atoms with van der Waals surface area (Å²) in [5.74, 6) is -1.33. The fourth-order valence-corrected chi connectivity index (χ4v) is 2.74. The Labute approximate surface area is 118 Å². The van der Waals surface area contributed by atoms with E-state index in [2.05, 4.69) is 5.32 Å². The van der Waals surface area contributed by atoms with Crippen molar-refractivity contribution in [3.05, 3.63) is 29.8 Å². The molecule has 0 radical (unpaired) electrons. The number of carbonyl (C=O) groups excluding carboxylic acids is 1. The predicted molar refractivity (Wildman–Crippen MR) is 76.8 cm³/mol. The quantitative estimate of drug-likeness (QED) is 0.881. The Hall–Kier alpha value is -2.04. The average molecular weight is 276 g/mol. The molecule has 1 aliphatic rings. The summed E-state index contributed by atoms with van der Waals surface area (Å²) in [5.41, 5.74) is 1.92. The van der Waals surface area contributed by atoms with E-state index in [1.807, 2.05) is 24.3 Å². The molecule has 0 spiro atoms. The minimum atomic E-state index is -0.953. The molecule has 1 aromatic carbocycles. The summed E-state index contributed by atoms with van der Waals surface area (Å²) in [6.45, 7) is 2.50. The SMILES string of the molecule is CCC(C(=O)O)N(C)C(=O)C1CCNc2ccccc21. The number of hydrogen-bond donors (Lipinski definition) is 2. The van der Waals surface area contributed by atoms with Crippen LogP contribution in [0.15, 0.2) is 24.3 Å². The minimum Gasteiger partial charge on any atom is -0.480 e. The minimum absolute atomic E-state index is 0.117. The summed E-state index contributed by atoms with van der Waals surface area (Å²) < 4.78 is 0. The van der Waals surface area contributed by atoms with E-state index in [1.54, 1.807) is 14.0 Å². The maximum atomic E-state index is 12.6. The van der Waals surface area contributed by atoms with Gasteiger partial charge in [-0.1, -0.05) is 25.1 Å². The number of carboxylic acid groups (broad SMARTS) is 1. The first-order chi connectivity index (χ1) is 9.56. The summed E-state index contributed by atoms with van der Waals surface area (Å²) in [5, 5.41) is 12.4. The van der Waals surface area contributed by atoms with Gasteiger partial charge in [0.25, 0.3) is 0 Å². The topological polar surface area (TPSA) is 69.6 Å². The lowest BCUT2D eigenvalue weighted by Crippen LogP contribution is -2.45. The molecular weight excluding hydrogens is 256 g/mol. The Morgan fingerprint density at radius 2 is 2.15 bits per heavy atom. The number of nitrogens with zero attached hydrogens (tertiary/aromatic N) is 1. The van der Waals surface area contributed by atoms with Gasteiger partial charge in [0.05, 0.1) is 5.92 Å². The van der Waals surface area contributed by atoms with Crippen molar-refractivity contribution in [1.29, 1.82) is 0 Å². The second-order valence-electron chi connectivity index (χ2n) is 5.07. The summed E-state index contributed by atoms with van der Waals surface area (Å²) in [6, 6.07) is 6.95. The highest BCUT2D eigenvalue weighted by molar-refractivity contribution is 5.89. The average Bonchev–Trinajstić information content (AvgIpc) is 2.46. The van der Waals surface area contributed by atoms with Crippen LogP contribution in [0, 0.1) is 0 Å². The number of amides is 1. The van der Waals surface area contributed by atoms with Gasteiger partial charge in [-0.3, -0.25) is 4.79 Å². The molecule has 2 rings (SSSR count). The molecule has 5 heteroatoms. The van der Waals surface area contributed by atoms with Crippen LogP contribution in [0.1, 0.15) is 31.2 Å². The van der Waals surface area contributed by atoms with Gasteiger partial charge in [-0.25, -0.2) is 4.79 Å². The molecule has 0 aromatic heterocycles. The molecule has 1 amide bonds. The molecule has 0 bridgehead atoms. The number of carboxylic acids is 1. The van der Waals surface area contributed by atoms with E-state index >= 15 is 0 Å². The molecular formula is C15H20N2O3. The number of carbonyl (C=O) groups is 2. The third-order valence-electron chi connectivity index (χ3n) is 3.87. The first-order valence-electron chi connectivity index (χ1n) is 6.88. The van der Waals surface area contributed by atoms with Crippen LogP contribution in [0.3, 0.4) is 0 Å². The zero-order valence-corrected chi connectivity index (χ0v) is 11.8. The molecule has 108 valence electrons. The van der Waals surface area contributed by atoms with Crippen molar-refractivity contribution in [2.75, 3.05) is 18.9 Å². The van der Waals surface area contributed by atoms with Crippen LogP contribution in [0.4, 0.5) is 5.69 Å². The zero-order valence-electron chi connectivity index (χ0n) is 11.8. The van der Waals surface area contributed by atoms with Gasteiger partial charge >= 0.3 is 5.97 Å². The van der Waals surface area contributed by atoms with Crippen LogP contribution in [0.25, 0.3) is 0 Å². The number of para-hydroxylation sites is 1. The Bertz CT molecular complexity index is 516. The highest BCUT2D eigenvalue weighted by Crippen LogP contribution is 2.32. The third-order valence-corrected chi connectivity index (χ3v) is 3.87. The molecule has 5 nitrogen and oxygen atoms in total. The van der Waals surface area contributed by atoms with Gasteiger partial charge in [-0.15, -0.1) is 0 Å². The highest BCUT2D eigenvalue weighted by atomic mass is 16.4. The normalized spacial score (nSPS) is 18.6. The summed E-state index contributed by atoms with van der Waals surface area (Å²) in [4.78, 5) is 25.2. The number of hydrogen-bond acceptors (Lipinski definition) is 3. The van der Waals surface area contributed by atoms with Gasteiger partial charge < -0.3 is 15.3 Å². The lowest BCUT2D eigenvalue weighted by atomic mass is 9.89. The number of likely N-dealkylation sites (N-methyl/N-ethyl adjacent to an activating group) is 1. The largest absolute Gasteiger partial charge is 0.480 e. The number of fused-ring (bicyclic) bond motifs is 1. The molecule has 0 saturated carbocycles. The van der Waals surface area contributed by atoms with Gasteiger partial charge in [0.2, 0.25) is 5.91 Å². The van der Waals surface area contributed by atoms with Gasteiger partial charge in [-0.2, -0.15) is 0 Å². The molecule has 1 heterocycles. The predicted octanol–water partition coefficient (Wildman–Crippen LogP) is 1.91. The smallest absolute Gasteiger partial charge is 0.326 e. The number of anilines is 1. The van der Waals surface area contributed by atoms with Crippen LogP contribution in [-0.4, -0.2) is 41.5 Å². The highest BCUT2D eigenvalue weighted by Gasteiger charge is 2.33. The first-order valence-corrected chi connectivity index (χ1v) is 6.88. The molecule has 0 fully saturated rings. The van der Waals surface area contributed by atoms with Crippen molar-refractivity contribution in [2.24, 2.45) is 0 Å². The fraction of sp³-hybridized carbons (Fsp3) is 0.467. The van der Waals surface area contributed by atoms with Crippen molar-refractivity contribution in [2.45, 2.75) is 31.7 Å². The molecule has 20 heavy (non-hydrogen) atoms. The lowest BCUT2D eigenvalue weighted by Gasteiger charge is -2.31. The number of nitrogens with one attached hydrogen (secondary N) is 1. The summed E-state index contributed by atoms with van der Waals surface area (Å²) in [6.07, 6.45) is 1.10. The Morgan fingerprint density at radius 3 is 2.80 bits per heavy atom. The maximum Gasteiger partial charge on any atom is 0.326 e. The third kappa shape index (κ3) is 2.61. The van der Waals surface area contributed by atoms with Crippen LogP contribution in [0.2, 0.25) is 0 Å². The fourth-order valence-electron chi connectivity index (χ4n) is 2.74. The number of aliphatic carboxylic acids is 1. The Kier molecular flexibility index (Phi) is 4.27. The van der Waals surface area contributed by atoms with E-state index in [9.17, 15) is 14.7 Å². The van der Waals surface area contributed by atoms with E-state index in [4.69, 9.17) is 0 Å². The van der Waals surface area contributed by atoms with Crippen LogP contribution in [0.5, 0.6) is 0 Å². The molecule has 2 unspecified atom stereocenters. The van der Waals surface area contributed by atoms with E-state index in [0.29, 0.717) is 12.8 Å². The lowest BCUT2D eigenvalue weighted by molar-refractivity contribution is -0.149. The van der Waals surface area contributed by atoms with Crippen molar-refractivity contribution in [1.82, 2.24) is 4.90 Å². The second kappa shape index (κ2) is 5.94. The Balaban J connectivity index is 2.24. The molecule has 2 N–H and O–H groups in total. The van der Waals surface area contributed by atoms with E-state index in [0.717, 1.165) is 17.8 Å². The van der Waals surface area contributed by atoms with Gasteiger partial charge in [0.1, 0.15) is 6.04 Å². The van der Waals surface area contributed by atoms with Gasteiger partial charge in [0.15, 0.2) is 0 Å². The van der Waals surface area contributed by atoms with Crippen molar-refractivity contribution in [3.8, 4) is 0 Å². The van der Waals surface area contributed by atoms with Gasteiger partial charge in [0, 0.05) is 19.3 Å². The van der Waals surface area contributed by atoms with Crippen molar-refractivity contribution < 1.29 is 14.7 Å². The monoisotopic (exact) mass is 276 g/mol. The Morgan fingerprint density at radius 1 is 1.45 bits per heavy atom. The summed E-state index contributed by atoms with van der Waals surface area (Å²) >= 11 is 0. The van der Waals surface area contributed by atoms with E-state index in [1.165, 1.54) is 4.90 Å². The maximum absolute atomic E-state index is 12.6. The van der Waals surface area contributed by atoms with Crippen molar-refractivity contribution in [3.63, 3.8) is 0 Å². The zero-order chi connectivity index (χ0) is 14.7. The second-order valence-corrected chi connectivity index (χ2v) is 5.07. The summed E-state index contributed by atoms with van der Waals surface area (Å²) in [7, 11) is 1.58. The van der Waals surface area contributed by atoms with Crippen LogP contribution >= 0.6 is 0 Å². The number of benzene rings is 1. The van der Waals surface area contributed by atoms with E-state index < -0.39 is 12.0 Å². The first kappa shape index (κ1) is 14.4. The molecule has 2 atom stereocenters. The molecule has 1 aromatic rings. The van der Waals surface area contributed by atoms with Gasteiger partial charge in [-0.05, 0) is 24.5 Å². The number of rotatable bonds is 4. The molecule has 1 aliphatic heterocycles. The van der Waals surface area contributed by atoms with Crippen LogP contribution in [-0.2, 0) is 9.59 Å². The van der Waals surface area contributed by atoms with Crippen molar-refractivity contribution >= 4 is 17.6 Å². The van der Waals surface area contributed by atoms with E-state index in [-0.39, 0.29) is 11.8 Å².